The van der Waals surface area contributed by atoms with Crippen LogP contribution in [0.3, 0.4) is 0 Å². The minimum Gasteiger partial charge on any atom is -0.322 e. The van der Waals surface area contributed by atoms with Crippen molar-refractivity contribution in [2.45, 2.75) is 19.2 Å². The van der Waals surface area contributed by atoms with E-state index in [1.54, 1.807) is 17.8 Å². The maximum atomic E-state index is 12.7. The molecule has 1 aliphatic rings. The van der Waals surface area contributed by atoms with Crippen molar-refractivity contribution in [2.75, 3.05) is 16.0 Å². The molecule has 3 aromatic carbocycles. The summed E-state index contributed by atoms with van der Waals surface area (Å²) in [5.41, 5.74) is 5.52. The predicted molar refractivity (Wildman–Crippen MR) is 127 cm³/mol. The lowest BCUT2D eigenvalue weighted by Crippen LogP contribution is -2.28. The van der Waals surface area contributed by atoms with Crippen LogP contribution in [0.2, 0.25) is 0 Å². The van der Waals surface area contributed by atoms with E-state index in [4.69, 9.17) is 0 Å². The van der Waals surface area contributed by atoms with Crippen molar-refractivity contribution >= 4 is 50.9 Å². The van der Waals surface area contributed by atoms with Gasteiger partial charge in [-0.1, -0.05) is 30.3 Å². The Labute approximate surface area is 188 Å². The van der Waals surface area contributed by atoms with Crippen LogP contribution in [0.15, 0.2) is 71.2 Å². The van der Waals surface area contributed by atoms with E-state index in [0.717, 1.165) is 21.3 Å². The number of amides is 2. The lowest BCUT2D eigenvalue weighted by molar-refractivity contribution is -0.115. The normalized spacial score (nSPS) is 16.0. The second-order valence-corrected chi connectivity index (χ2v) is 9.18. The SMILES string of the molecule is Cc1ccc(N2C(=O)CSC2c2cccc(NC(=O)c3ccccc3Br)c2)cc1C. The number of aryl methyl sites for hydroxylation is 2. The quantitative estimate of drug-likeness (QED) is 0.490. The number of nitrogens with zero attached hydrogens (tertiary/aromatic N) is 1. The molecule has 2 amide bonds. The zero-order valence-corrected chi connectivity index (χ0v) is 19.1. The second kappa shape index (κ2) is 8.66. The van der Waals surface area contributed by atoms with Crippen LogP contribution in [0, 0.1) is 13.8 Å². The Kier molecular flexibility index (Phi) is 5.97. The summed E-state index contributed by atoms with van der Waals surface area (Å²) < 4.78 is 0.747. The first kappa shape index (κ1) is 20.7. The minimum atomic E-state index is -0.180. The van der Waals surface area contributed by atoms with Gasteiger partial charge in [0.1, 0.15) is 5.37 Å². The predicted octanol–water partition coefficient (Wildman–Crippen LogP) is 6.10. The van der Waals surface area contributed by atoms with E-state index >= 15 is 0 Å². The van der Waals surface area contributed by atoms with E-state index in [-0.39, 0.29) is 17.2 Å². The summed E-state index contributed by atoms with van der Waals surface area (Å²) in [6.45, 7) is 4.12. The summed E-state index contributed by atoms with van der Waals surface area (Å²) in [6, 6.07) is 21.1. The van der Waals surface area contributed by atoms with Crippen molar-refractivity contribution < 1.29 is 9.59 Å². The van der Waals surface area contributed by atoms with Gasteiger partial charge in [0.2, 0.25) is 5.91 Å². The first-order valence-electron chi connectivity index (χ1n) is 9.61. The molecular weight excluding hydrogens is 460 g/mol. The van der Waals surface area contributed by atoms with Gasteiger partial charge >= 0.3 is 0 Å². The Morgan fingerprint density at radius 3 is 2.60 bits per heavy atom. The highest BCUT2D eigenvalue weighted by molar-refractivity contribution is 9.10. The fraction of sp³-hybridized carbons (Fsp3) is 0.167. The number of nitrogens with one attached hydrogen (secondary N) is 1. The van der Waals surface area contributed by atoms with Gasteiger partial charge in [-0.05, 0) is 82.9 Å². The van der Waals surface area contributed by atoms with Gasteiger partial charge in [-0.25, -0.2) is 0 Å². The number of hydrogen-bond acceptors (Lipinski definition) is 3. The summed E-state index contributed by atoms with van der Waals surface area (Å²) in [7, 11) is 0. The molecule has 0 spiro atoms. The molecule has 0 radical (unpaired) electrons. The van der Waals surface area contributed by atoms with E-state index in [1.807, 2.05) is 59.5 Å². The Bertz CT molecular complexity index is 1130. The molecule has 1 heterocycles. The Morgan fingerprint density at radius 2 is 1.83 bits per heavy atom. The fourth-order valence-corrected chi connectivity index (χ4v) is 5.07. The van der Waals surface area contributed by atoms with Gasteiger partial charge in [0, 0.05) is 15.8 Å². The third kappa shape index (κ3) is 4.16. The fourth-order valence-electron chi connectivity index (χ4n) is 3.44. The zero-order valence-electron chi connectivity index (χ0n) is 16.7. The standard InChI is InChI=1S/C24H21BrN2O2S/c1-15-10-11-19(12-16(15)2)27-22(28)14-30-24(27)17-6-5-7-18(13-17)26-23(29)20-8-3-4-9-21(20)25/h3-13,24H,14H2,1-2H3,(H,26,29). The van der Waals surface area contributed by atoms with Crippen molar-refractivity contribution in [3.05, 3.63) is 93.5 Å². The summed E-state index contributed by atoms with van der Waals surface area (Å²) in [5.74, 6) is 0.349. The Hall–Kier alpha value is -2.57. The van der Waals surface area contributed by atoms with Gasteiger partial charge in [-0.15, -0.1) is 11.8 Å². The number of hydrogen-bond donors (Lipinski definition) is 1. The number of halogens is 1. The largest absolute Gasteiger partial charge is 0.322 e. The number of rotatable bonds is 4. The van der Waals surface area contributed by atoms with E-state index in [2.05, 4.69) is 41.2 Å². The minimum absolute atomic E-state index is 0.0934. The zero-order chi connectivity index (χ0) is 21.3. The Morgan fingerprint density at radius 1 is 1.03 bits per heavy atom. The summed E-state index contributed by atoms with van der Waals surface area (Å²) in [5, 5.41) is 2.84. The van der Waals surface area contributed by atoms with Gasteiger partial charge in [0.25, 0.3) is 5.91 Å². The van der Waals surface area contributed by atoms with Crippen LogP contribution >= 0.6 is 27.7 Å². The van der Waals surface area contributed by atoms with E-state index in [0.29, 0.717) is 17.0 Å². The van der Waals surface area contributed by atoms with E-state index < -0.39 is 0 Å². The number of anilines is 2. The number of benzene rings is 3. The molecule has 152 valence electrons. The van der Waals surface area contributed by atoms with Crippen molar-refractivity contribution in [1.29, 1.82) is 0 Å². The third-order valence-corrected chi connectivity index (χ3v) is 7.09. The molecule has 0 aliphatic carbocycles. The molecule has 1 atom stereocenters. The molecule has 1 unspecified atom stereocenters. The molecule has 3 aromatic rings. The molecule has 1 aliphatic heterocycles. The van der Waals surface area contributed by atoms with E-state index in [9.17, 15) is 9.59 Å². The number of thioether (sulfide) groups is 1. The third-order valence-electron chi connectivity index (χ3n) is 5.18. The van der Waals surface area contributed by atoms with Gasteiger partial charge in [0.05, 0.1) is 11.3 Å². The molecule has 4 rings (SSSR count). The van der Waals surface area contributed by atoms with Crippen LogP contribution in [-0.2, 0) is 4.79 Å². The van der Waals surface area contributed by atoms with Crippen LogP contribution in [-0.4, -0.2) is 17.6 Å². The lowest BCUT2D eigenvalue weighted by atomic mass is 10.1. The summed E-state index contributed by atoms with van der Waals surface area (Å²) in [6.07, 6.45) is 0. The molecule has 0 aromatic heterocycles. The first-order valence-corrected chi connectivity index (χ1v) is 11.4. The van der Waals surface area contributed by atoms with Crippen LogP contribution in [0.1, 0.15) is 32.4 Å². The molecular formula is C24H21BrN2O2S. The molecule has 30 heavy (non-hydrogen) atoms. The van der Waals surface area contributed by atoms with Gasteiger partial charge < -0.3 is 5.32 Å². The summed E-state index contributed by atoms with van der Waals surface area (Å²) >= 11 is 5.02. The average Bonchev–Trinajstić information content (AvgIpc) is 3.12. The highest BCUT2D eigenvalue weighted by Gasteiger charge is 2.34. The maximum Gasteiger partial charge on any atom is 0.256 e. The van der Waals surface area contributed by atoms with Crippen LogP contribution in [0.5, 0.6) is 0 Å². The number of carbonyl (C=O) groups is 2. The van der Waals surface area contributed by atoms with Gasteiger partial charge in [-0.3, -0.25) is 14.5 Å². The lowest BCUT2D eigenvalue weighted by Gasteiger charge is -2.25. The van der Waals surface area contributed by atoms with Crippen LogP contribution in [0.4, 0.5) is 11.4 Å². The highest BCUT2D eigenvalue weighted by Crippen LogP contribution is 2.42. The molecule has 0 bridgehead atoms. The summed E-state index contributed by atoms with van der Waals surface area (Å²) in [4.78, 5) is 27.2. The van der Waals surface area contributed by atoms with Gasteiger partial charge in [-0.2, -0.15) is 0 Å². The Balaban J connectivity index is 1.61. The number of carbonyl (C=O) groups excluding carboxylic acids is 2. The van der Waals surface area contributed by atoms with Crippen molar-refractivity contribution in [2.24, 2.45) is 0 Å². The molecule has 6 heteroatoms. The molecule has 4 nitrogen and oxygen atoms in total. The van der Waals surface area contributed by atoms with Crippen LogP contribution in [0.25, 0.3) is 0 Å². The van der Waals surface area contributed by atoms with Crippen LogP contribution < -0.4 is 10.2 Å². The molecule has 1 N–H and O–H groups in total. The average molecular weight is 481 g/mol. The second-order valence-electron chi connectivity index (χ2n) is 7.26. The highest BCUT2D eigenvalue weighted by atomic mass is 79.9. The molecule has 0 saturated carbocycles. The topological polar surface area (TPSA) is 49.4 Å². The van der Waals surface area contributed by atoms with E-state index in [1.165, 1.54) is 5.56 Å². The monoisotopic (exact) mass is 480 g/mol. The molecule has 1 saturated heterocycles. The van der Waals surface area contributed by atoms with Crippen molar-refractivity contribution in [3.8, 4) is 0 Å². The first-order chi connectivity index (χ1) is 14.4. The molecule has 1 fully saturated rings. The van der Waals surface area contributed by atoms with Crippen molar-refractivity contribution in [1.82, 2.24) is 0 Å². The van der Waals surface area contributed by atoms with Crippen molar-refractivity contribution in [3.63, 3.8) is 0 Å². The smallest absolute Gasteiger partial charge is 0.256 e. The van der Waals surface area contributed by atoms with Gasteiger partial charge in [0.15, 0.2) is 0 Å². The maximum absolute atomic E-state index is 12.7.